The average molecular weight is 920 g/mol. The third-order valence-electron chi connectivity index (χ3n) is 12.4. The Morgan fingerprint density at radius 3 is 0.857 bits per heavy atom. The first-order chi connectivity index (χ1) is 30.3. The van der Waals surface area contributed by atoms with Gasteiger partial charge in [0.25, 0.3) is 0 Å². The van der Waals surface area contributed by atoms with Gasteiger partial charge in [-0.25, -0.2) is 0 Å². The van der Waals surface area contributed by atoms with E-state index in [2.05, 4.69) is 86.0 Å². The van der Waals surface area contributed by atoms with Crippen molar-refractivity contribution in [2.45, 2.75) is 246 Å². The maximum Gasteiger partial charge on any atom is 2.00 e. The second kappa shape index (κ2) is 45.0. The molecule has 2 aromatic carbocycles. The van der Waals surface area contributed by atoms with Crippen molar-refractivity contribution in [3.8, 4) is 0 Å². The molecule has 364 valence electrons. The van der Waals surface area contributed by atoms with Crippen molar-refractivity contribution in [3.05, 3.63) is 70.8 Å². The summed E-state index contributed by atoms with van der Waals surface area (Å²) in [6, 6.07) is 17.9. The van der Waals surface area contributed by atoms with Crippen LogP contribution in [0.5, 0.6) is 0 Å². The van der Waals surface area contributed by atoms with Crippen LogP contribution in [0.25, 0.3) is 0 Å². The van der Waals surface area contributed by atoms with Gasteiger partial charge in [0.05, 0.1) is 0 Å². The van der Waals surface area contributed by atoms with Crippen LogP contribution in [0.1, 0.15) is 243 Å². The van der Waals surface area contributed by atoms with Crippen molar-refractivity contribution in [3.63, 3.8) is 0 Å². The molecule has 0 spiro atoms. The SMILES string of the molecule is CCCCCCCCCCCCc1ccc(CN(CCCCCC)CCC(=O)[O-])cc1.CCCCCCCCCCCCc1ccc(CN(CCCCCC)CCC(=O)[O-])cc1.[Ni+2]. The van der Waals surface area contributed by atoms with Crippen LogP contribution in [0.4, 0.5) is 0 Å². The number of carboxylic acid groups (broad SMARTS) is 2. The zero-order valence-electron chi connectivity index (χ0n) is 41.3. The number of aryl methyl sites for hydroxylation is 2. The largest absolute Gasteiger partial charge is 2.00 e. The topological polar surface area (TPSA) is 86.7 Å². The fraction of sp³-hybridized carbons (Fsp3) is 0.750. The van der Waals surface area contributed by atoms with Crippen LogP contribution in [-0.2, 0) is 52.0 Å². The van der Waals surface area contributed by atoms with Gasteiger partial charge in [0.1, 0.15) is 0 Å². The zero-order chi connectivity index (χ0) is 45.1. The molecule has 0 atom stereocenters. The van der Waals surface area contributed by atoms with Gasteiger partial charge in [-0.15, -0.1) is 0 Å². The fourth-order valence-corrected chi connectivity index (χ4v) is 8.34. The van der Waals surface area contributed by atoms with Crippen molar-refractivity contribution in [2.24, 2.45) is 0 Å². The molecule has 2 aromatic rings. The summed E-state index contributed by atoms with van der Waals surface area (Å²) in [5, 5.41) is 21.8. The van der Waals surface area contributed by atoms with Crippen LogP contribution < -0.4 is 10.2 Å². The van der Waals surface area contributed by atoms with E-state index in [1.165, 1.54) is 202 Å². The molecule has 7 heteroatoms. The van der Waals surface area contributed by atoms with E-state index in [4.69, 9.17) is 0 Å². The number of benzene rings is 2. The summed E-state index contributed by atoms with van der Waals surface area (Å²) in [5.74, 6) is -1.91. The van der Waals surface area contributed by atoms with Crippen LogP contribution in [-0.4, -0.2) is 47.9 Å². The van der Waals surface area contributed by atoms with E-state index in [-0.39, 0.29) is 29.3 Å². The molecule has 0 unspecified atom stereocenters. The quantitative estimate of drug-likeness (QED) is 0.0487. The second-order valence-electron chi connectivity index (χ2n) is 18.4. The maximum absolute atomic E-state index is 10.9. The second-order valence-corrected chi connectivity index (χ2v) is 18.4. The Hall–Kier alpha value is -2.21. The van der Waals surface area contributed by atoms with Gasteiger partial charge in [0.15, 0.2) is 0 Å². The van der Waals surface area contributed by atoms with Gasteiger partial charge in [-0.1, -0.05) is 230 Å². The monoisotopic (exact) mass is 919 g/mol. The van der Waals surface area contributed by atoms with E-state index in [9.17, 15) is 19.8 Å². The first kappa shape index (κ1) is 60.8. The van der Waals surface area contributed by atoms with E-state index < -0.39 is 11.9 Å². The van der Waals surface area contributed by atoms with Crippen molar-refractivity contribution < 1.29 is 36.3 Å². The zero-order valence-corrected chi connectivity index (χ0v) is 42.3. The Morgan fingerprint density at radius 2 is 0.587 bits per heavy atom. The number of hydrogen-bond acceptors (Lipinski definition) is 6. The summed E-state index contributed by atoms with van der Waals surface area (Å²) in [4.78, 5) is 26.3. The molecule has 0 aliphatic rings. The number of carboxylic acids is 2. The first-order valence-corrected chi connectivity index (χ1v) is 26.3. The molecule has 0 bridgehead atoms. The van der Waals surface area contributed by atoms with Gasteiger partial charge in [0, 0.05) is 38.1 Å². The molecule has 0 saturated carbocycles. The number of unbranched alkanes of at least 4 members (excludes halogenated alkanes) is 24. The van der Waals surface area contributed by atoms with Crippen LogP contribution in [0.3, 0.4) is 0 Å². The third-order valence-corrected chi connectivity index (χ3v) is 12.4. The minimum Gasteiger partial charge on any atom is -0.550 e. The van der Waals surface area contributed by atoms with Crippen LogP contribution in [0.2, 0.25) is 0 Å². The molecular formula is C56H96N2NiO4. The summed E-state index contributed by atoms with van der Waals surface area (Å²) >= 11 is 0. The number of carbonyl (C=O) groups excluding carboxylic acids is 2. The summed E-state index contributed by atoms with van der Waals surface area (Å²) in [6.07, 6.45) is 39.8. The van der Waals surface area contributed by atoms with Crippen molar-refractivity contribution in [1.29, 1.82) is 0 Å². The van der Waals surface area contributed by atoms with Gasteiger partial charge in [-0.05, 0) is 86.7 Å². The summed E-state index contributed by atoms with van der Waals surface area (Å²) in [7, 11) is 0. The molecule has 0 amide bonds. The van der Waals surface area contributed by atoms with Gasteiger partial charge < -0.3 is 19.8 Å². The molecule has 0 radical (unpaired) electrons. The fourth-order valence-electron chi connectivity index (χ4n) is 8.34. The molecule has 0 aromatic heterocycles. The minimum atomic E-state index is -0.953. The van der Waals surface area contributed by atoms with Crippen LogP contribution in [0, 0.1) is 0 Å². The molecule has 0 saturated heterocycles. The molecular weight excluding hydrogens is 823 g/mol. The van der Waals surface area contributed by atoms with E-state index in [1.54, 1.807) is 0 Å². The van der Waals surface area contributed by atoms with E-state index in [0.717, 1.165) is 39.0 Å². The molecule has 0 aliphatic carbocycles. The Labute approximate surface area is 399 Å². The van der Waals surface area contributed by atoms with Gasteiger partial charge >= 0.3 is 16.5 Å². The number of hydrogen-bond donors (Lipinski definition) is 0. The van der Waals surface area contributed by atoms with E-state index in [0.29, 0.717) is 13.1 Å². The summed E-state index contributed by atoms with van der Waals surface area (Å²) in [6.45, 7) is 13.7. The maximum atomic E-state index is 10.9. The normalized spacial score (nSPS) is 11.1. The minimum absolute atomic E-state index is 0. The molecule has 0 aliphatic heterocycles. The van der Waals surface area contributed by atoms with Gasteiger partial charge in [0.2, 0.25) is 0 Å². The van der Waals surface area contributed by atoms with Crippen LogP contribution >= 0.6 is 0 Å². The molecule has 0 fully saturated rings. The molecule has 63 heavy (non-hydrogen) atoms. The molecule has 0 N–H and O–H groups in total. The summed E-state index contributed by atoms with van der Waals surface area (Å²) < 4.78 is 0. The average Bonchev–Trinajstić information content (AvgIpc) is 3.27. The van der Waals surface area contributed by atoms with Crippen molar-refractivity contribution in [2.75, 3.05) is 26.2 Å². The number of aliphatic carboxylic acids is 2. The van der Waals surface area contributed by atoms with E-state index >= 15 is 0 Å². The standard InChI is InChI=1S/2C28H49NO2.Ni/c2*1-3-5-7-9-10-11-12-13-14-15-17-26-18-20-27(21-19-26)25-29(24-22-28(30)31)23-16-8-6-4-2;/h2*18-21H,3-17,22-25H2,1-2H3,(H,30,31);/q;;+2/p-2. The molecule has 2 rings (SSSR count). The van der Waals surface area contributed by atoms with Gasteiger partial charge in [-0.3, -0.25) is 9.80 Å². The smallest absolute Gasteiger partial charge is 0.550 e. The van der Waals surface area contributed by atoms with Crippen molar-refractivity contribution >= 4 is 11.9 Å². The Kier molecular flexibility index (Phi) is 43.4. The molecule has 6 nitrogen and oxygen atoms in total. The van der Waals surface area contributed by atoms with Crippen molar-refractivity contribution in [1.82, 2.24) is 9.80 Å². The Morgan fingerprint density at radius 1 is 0.349 bits per heavy atom. The summed E-state index contributed by atoms with van der Waals surface area (Å²) in [5.41, 5.74) is 5.40. The predicted octanol–water partition coefficient (Wildman–Crippen LogP) is 13.3. The van der Waals surface area contributed by atoms with Gasteiger partial charge in [-0.2, -0.15) is 0 Å². The number of carbonyl (C=O) groups is 2. The number of nitrogens with zero attached hydrogens (tertiary/aromatic N) is 2. The Balaban J connectivity index is 0.00000120. The third kappa shape index (κ3) is 38.7. The van der Waals surface area contributed by atoms with E-state index in [1.807, 2.05) is 0 Å². The molecule has 0 heterocycles. The number of rotatable bonds is 42. The Bertz CT molecular complexity index is 1190. The van der Waals surface area contributed by atoms with Crippen LogP contribution in [0.15, 0.2) is 48.5 Å². The predicted molar refractivity (Wildman–Crippen MR) is 262 cm³/mol. The first-order valence-electron chi connectivity index (χ1n) is 26.3.